The number of hydrogen-bond donors (Lipinski definition) is 1. The molecule has 1 atom stereocenters. The van der Waals surface area contributed by atoms with Gasteiger partial charge in [0.25, 0.3) is 5.91 Å². The van der Waals surface area contributed by atoms with Crippen LogP contribution < -0.4 is 15.0 Å². The smallest absolute Gasteiger partial charge is 0.254 e. The third-order valence-corrected chi connectivity index (χ3v) is 6.70. The molecule has 6 nitrogen and oxygen atoms in total. The summed E-state index contributed by atoms with van der Waals surface area (Å²) in [7, 11) is 5.60. The van der Waals surface area contributed by atoms with Crippen LogP contribution in [-0.2, 0) is 11.3 Å². The second kappa shape index (κ2) is 10.7. The summed E-state index contributed by atoms with van der Waals surface area (Å²) in [5.41, 5.74) is 3.44. The lowest BCUT2D eigenvalue weighted by Crippen LogP contribution is -2.41. The fourth-order valence-electron chi connectivity index (χ4n) is 3.98. The molecule has 0 radical (unpaired) electrons. The molecule has 1 aliphatic carbocycles. The van der Waals surface area contributed by atoms with Crippen molar-refractivity contribution in [1.29, 1.82) is 0 Å². The molecule has 0 spiro atoms. The van der Waals surface area contributed by atoms with E-state index in [1.165, 1.54) is 0 Å². The molecule has 33 heavy (non-hydrogen) atoms. The Kier molecular flexibility index (Phi) is 8.01. The largest absolute Gasteiger partial charge is 0.497 e. The summed E-state index contributed by atoms with van der Waals surface area (Å²) in [5.74, 6) is 1.20. The summed E-state index contributed by atoms with van der Waals surface area (Å²) in [6.07, 6.45) is 3.05. The zero-order valence-electron chi connectivity index (χ0n) is 20.7. The van der Waals surface area contributed by atoms with E-state index in [9.17, 15) is 9.59 Å². The van der Waals surface area contributed by atoms with Crippen LogP contribution in [0.3, 0.4) is 0 Å². The van der Waals surface area contributed by atoms with Gasteiger partial charge < -0.3 is 19.9 Å². The van der Waals surface area contributed by atoms with Crippen molar-refractivity contribution in [2.24, 2.45) is 11.8 Å². The second-order valence-corrected chi connectivity index (χ2v) is 9.50. The molecule has 2 aromatic carbocycles. The third kappa shape index (κ3) is 5.86. The third-order valence-electron chi connectivity index (χ3n) is 6.70. The molecular formula is C27H37N3O3. The topological polar surface area (TPSA) is 61.9 Å². The first-order chi connectivity index (χ1) is 15.7. The summed E-state index contributed by atoms with van der Waals surface area (Å²) in [6.45, 7) is 6.79. The normalized spacial score (nSPS) is 14.4. The van der Waals surface area contributed by atoms with E-state index in [4.69, 9.17) is 4.74 Å². The minimum absolute atomic E-state index is 0.0209. The van der Waals surface area contributed by atoms with Gasteiger partial charge in [-0.2, -0.15) is 0 Å². The molecule has 1 N–H and O–H groups in total. The lowest BCUT2D eigenvalue weighted by atomic mass is 9.85. The van der Waals surface area contributed by atoms with Crippen molar-refractivity contribution >= 4 is 23.2 Å². The number of rotatable bonds is 9. The summed E-state index contributed by atoms with van der Waals surface area (Å²) >= 11 is 0. The molecule has 2 aromatic rings. The molecule has 178 valence electrons. The predicted octanol–water partition coefficient (Wildman–Crippen LogP) is 5.19. The maximum Gasteiger partial charge on any atom is 0.254 e. The van der Waals surface area contributed by atoms with Crippen LogP contribution in [0.5, 0.6) is 5.75 Å². The average Bonchev–Trinajstić information content (AvgIpc) is 2.75. The second-order valence-electron chi connectivity index (χ2n) is 9.50. The van der Waals surface area contributed by atoms with E-state index in [1.54, 1.807) is 7.11 Å². The van der Waals surface area contributed by atoms with Gasteiger partial charge in [0, 0.05) is 49.5 Å². The Balaban J connectivity index is 1.91. The molecule has 0 aromatic heterocycles. The van der Waals surface area contributed by atoms with Crippen LogP contribution >= 0.6 is 0 Å². The van der Waals surface area contributed by atoms with E-state index in [0.29, 0.717) is 12.1 Å². The van der Waals surface area contributed by atoms with Crippen LogP contribution in [0.1, 0.15) is 56.0 Å². The minimum Gasteiger partial charge on any atom is -0.497 e. The number of hydrogen-bond acceptors (Lipinski definition) is 4. The summed E-state index contributed by atoms with van der Waals surface area (Å²) in [5, 5.41) is 3.07. The molecule has 2 amide bonds. The molecule has 0 bridgehead atoms. The molecule has 1 fully saturated rings. The SMILES string of the molecule is COc1ccc(C(=O)N(Cc2cc(NC(=O)C3CCC3)ccc2N(C)C)[C@H](C)C(C)C)cc1. The average molecular weight is 452 g/mol. The van der Waals surface area contributed by atoms with Crippen LogP contribution in [0.25, 0.3) is 0 Å². The molecule has 3 rings (SSSR count). The molecule has 0 unspecified atom stereocenters. The Morgan fingerprint density at radius 1 is 1.06 bits per heavy atom. The highest BCUT2D eigenvalue weighted by Crippen LogP contribution is 2.30. The van der Waals surface area contributed by atoms with E-state index in [-0.39, 0.29) is 29.7 Å². The first kappa shape index (κ1) is 24.6. The zero-order chi connectivity index (χ0) is 24.1. The molecule has 0 aliphatic heterocycles. The fourth-order valence-corrected chi connectivity index (χ4v) is 3.98. The lowest BCUT2D eigenvalue weighted by Gasteiger charge is -2.33. The number of nitrogens with zero attached hydrogens (tertiary/aromatic N) is 2. The van der Waals surface area contributed by atoms with Gasteiger partial charge in [-0.25, -0.2) is 0 Å². The van der Waals surface area contributed by atoms with Crippen molar-refractivity contribution in [3.8, 4) is 5.75 Å². The number of nitrogens with one attached hydrogen (secondary N) is 1. The van der Waals surface area contributed by atoms with Gasteiger partial charge in [0.15, 0.2) is 0 Å². The lowest BCUT2D eigenvalue weighted by molar-refractivity contribution is -0.122. The predicted molar refractivity (Wildman–Crippen MR) is 134 cm³/mol. The van der Waals surface area contributed by atoms with E-state index >= 15 is 0 Å². The number of benzene rings is 2. The van der Waals surface area contributed by atoms with Gasteiger partial charge in [-0.1, -0.05) is 20.3 Å². The minimum atomic E-state index is -0.0209. The Morgan fingerprint density at radius 2 is 1.73 bits per heavy atom. The number of carbonyl (C=O) groups is 2. The molecular weight excluding hydrogens is 414 g/mol. The summed E-state index contributed by atoms with van der Waals surface area (Å²) in [6, 6.07) is 13.2. The number of amides is 2. The first-order valence-corrected chi connectivity index (χ1v) is 11.8. The summed E-state index contributed by atoms with van der Waals surface area (Å²) in [4.78, 5) is 30.0. The highest BCUT2D eigenvalue weighted by atomic mass is 16.5. The Labute approximate surface area is 197 Å². The van der Waals surface area contributed by atoms with Crippen molar-refractivity contribution in [3.63, 3.8) is 0 Å². The highest BCUT2D eigenvalue weighted by molar-refractivity contribution is 5.95. The molecule has 0 saturated heterocycles. The number of anilines is 2. The standard InChI is InChI=1S/C27H37N3O3/c1-18(2)19(3)30(27(32)21-10-13-24(33-6)14-11-21)17-22-16-23(12-15-25(22)29(4)5)28-26(31)20-8-7-9-20/h10-16,18-20H,7-9,17H2,1-6H3,(H,28,31)/t19-/m1/s1. The fraction of sp³-hybridized carbons (Fsp3) is 0.481. The van der Waals surface area contributed by atoms with E-state index in [2.05, 4.69) is 26.1 Å². The van der Waals surface area contributed by atoms with Gasteiger partial charge in [-0.15, -0.1) is 0 Å². The molecule has 1 saturated carbocycles. The monoisotopic (exact) mass is 451 g/mol. The van der Waals surface area contributed by atoms with Gasteiger partial charge in [0.1, 0.15) is 5.75 Å². The maximum absolute atomic E-state index is 13.6. The van der Waals surface area contributed by atoms with Crippen LogP contribution in [-0.4, -0.2) is 44.0 Å². The highest BCUT2D eigenvalue weighted by Gasteiger charge is 2.27. The van der Waals surface area contributed by atoms with Crippen molar-refractivity contribution in [2.75, 3.05) is 31.4 Å². The van der Waals surface area contributed by atoms with E-state index in [0.717, 1.165) is 42.0 Å². The van der Waals surface area contributed by atoms with Crippen LogP contribution in [0.15, 0.2) is 42.5 Å². The molecule has 0 heterocycles. The van der Waals surface area contributed by atoms with Crippen molar-refractivity contribution in [3.05, 3.63) is 53.6 Å². The van der Waals surface area contributed by atoms with Gasteiger partial charge in [0.05, 0.1) is 7.11 Å². The zero-order valence-corrected chi connectivity index (χ0v) is 20.7. The maximum atomic E-state index is 13.6. The van der Waals surface area contributed by atoms with Crippen LogP contribution in [0, 0.1) is 11.8 Å². The summed E-state index contributed by atoms with van der Waals surface area (Å²) < 4.78 is 5.24. The van der Waals surface area contributed by atoms with Gasteiger partial charge in [-0.3, -0.25) is 9.59 Å². The van der Waals surface area contributed by atoms with E-state index < -0.39 is 0 Å². The van der Waals surface area contributed by atoms with E-state index in [1.807, 2.05) is 66.4 Å². The van der Waals surface area contributed by atoms with Crippen molar-refractivity contribution in [1.82, 2.24) is 4.90 Å². The Bertz CT molecular complexity index is 965. The number of ether oxygens (including phenoxy) is 1. The molecule has 6 heteroatoms. The quantitative estimate of drug-likeness (QED) is 0.570. The van der Waals surface area contributed by atoms with Gasteiger partial charge in [0.2, 0.25) is 5.91 Å². The van der Waals surface area contributed by atoms with Crippen molar-refractivity contribution < 1.29 is 14.3 Å². The molecule has 1 aliphatic rings. The van der Waals surface area contributed by atoms with Gasteiger partial charge >= 0.3 is 0 Å². The number of carbonyl (C=O) groups excluding carboxylic acids is 2. The Hall–Kier alpha value is -3.02. The van der Waals surface area contributed by atoms with Crippen molar-refractivity contribution in [2.45, 2.75) is 52.6 Å². The van der Waals surface area contributed by atoms with Crippen LogP contribution in [0.4, 0.5) is 11.4 Å². The van der Waals surface area contributed by atoms with Gasteiger partial charge in [-0.05, 0) is 73.7 Å². The van der Waals surface area contributed by atoms with Crippen LogP contribution in [0.2, 0.25) is 0 Å². The Morgan fingerprint density at radius 3 is 2.24 bits per heavy atom. The number of methoxy groups -OCH3 is 1. The first-order valence-electron chi connectivity index (χ1n) is 11.8.